The number of nitrogens with one attached hydrogen (secondary N) is 2. The van der Waals surface area contributed by atoms with Crippen molar-refractivity contribution in [2.24, 2.45) is 5.10 Å². The topological polar surface area (TPSA) is 99.5 Å². The fourth-order valence-corrected chi connectivity index (χ4v) is 3.61. The molecular formula is C20H26N4O3. The van der Waals surface area contributed by atoms with Crippen LogP contribution in [0.25, 0.3) is 0 Å². The third-order valence-corrected chi connectivity index (χ3v) is 5.14. The molecule has 1 aromatic heterocycles. The van der Waals surface area contributed by atoms with E-state index in [1.54, 1.807) is 0 Å². The van der Waals surface area contributed by atoms with E-state index in [-0.39, 0.29) is 17.5 Å². The van der Waals surface area contributed by atoms with E-state index in [0.717, 1.165) is 43.4 Å². The zero-order valence-electron chi connectivity index (χ0n) is 15.8. The van der Waals surface area contributed by atoms with Gasteiger partial charge in [0.15, 0.2) is 0 Å². The Hall–Kier alpha value is -2.83. The minimum absolute atomic E-state index is 0.0590. The Bertz CT molecular complexity index is 952. The van der Waals surface area contributed by atoms with E-state index in [1.807, 2.05) is 38.1 Å². The van der Waals surface area contributed by atoms with E-state index in [9.17, 15) is 14.7 Å². The van der Waals surface area contributed by atoms with Gasteiger partial charge in [0.1, 0.15) is 5.56 Å². The normalized spacial score (nSPS) is 15.7. The zero-order chi connectivity index (χ0) is 19.4. The van der Waals surface area contributed by atoms with Crippen molar-refractivity contribution in [2.75, 3.05) is 5.43 Å². The number of hydrogen-bond acceptors (Lipinski definition) is 5. The fraction of sp³-hybridized carbons (Fsp3) is 0.450. The first-order valence-corrected chi connectivity index (χ1v) is 9.49. The van der Waals surface area contributed by atoms with Crippen LogP contribution in [0.4, 0.5) is 5.69 Å². The lowest BCUT2D eigenvalue weighted by atomic mass is 9.95. The Morgan fingerprint density at radius 1 is 1.26 bits per heavy atom. The first kappa shape index (κ1) is 18.9. The van der Waals surface area contributed by atoms with Gasteiger partial charge in [0.25, 0.3) is 5.56 Å². The molecule has 27 heavy (non-hydrogen) atoms. The number of para-hydroxylation sites is 1. The molecule has 7 heteroatoms. The molecule has 1 aliphatic rings. The lowest BCUT2D eigenvalue weighted by Gasteiger charge is -2.25. The number of aromatic hydroxyl groups is 1. The summed E-state index contributed by atoms with van der Waals surface area (Å²) < 4.78 is 1.33. The molecular weight excluding hydrogens is 344 g/mol. The summed E-state index contributed by atoms with van der Waals surface area (Å²) in [4.78, 5) is 27.1. The monoisotopic (exact) mass is 370 g/mol. The molecule has 0 aliphatic heterocycles. The van der Waals surface area contributed by atoms with Crippen molar-refractivity contribution < 1.29 is 5.11 Å². The van der Waals surface area contributed by atoms with Crippen LogP contribution in [0.3, 0.4) is 0 Å². The highest BCUT2D eigenvalue weighted by atomic mass is 16.3. The molecule has 1 heterocycles. The second-order valence-corrected chi connectivity index (χ2v) is 6.96. The predicted octanol–water partition coefficient (Wildman–Crippen LogP) is 3.28. The second kappa shape index (κ2) is 8.24. The fourth-order valence-electron chi connectivity index (χ4n) is 3.61. The van der Waals surface area contributed by atoms with Gasteiger partial charge in [0, 0.05) is 6.04 Å². The molecule has 0 bridgehead atoms. The van der Waals surface area contributed by atoms with Crippen molar-refractivity contribution in [3.05, 3.63) is 56.2 Å². The Labute approximate surface area is 157 Å². The maximum absolute atomic E-state index is 12.4. The highest BCUT2D eigenvalue weighted by Crippen LogP contribution is 2.30. The lowest BCUT2D eigenvalue weighted by Crippen LogP contribution is -2.36. The quantitative estimate of drug-likeness (QED) is 0.555. The number of benzene rings is 1. The van der Waals surface area contributed by atoms with Gasteiger partial charge in [0.2, 0.25) is 5.88 Å². The molecule has 144 valence electrons. The van der Waals surface area contributed by atoms with E-state index in [0.29, 0.717) is 12.1 Å². The molecule has 1 aliphatic carbocycles. The number of hydrogen-bond donors (Lipinski definition) is 3. The first-order chi connectivity index (χ1) is 13.0. The summed E-state index contributed by atoms with van der Waals surface area (Å²) in [5, 5.41) is 15.1. The van der Waals surface area contributed by atoms with Gasteiger partial charge in [-0.15, -0.1) is 0 Å². The summed E-state index contributed by atoms with van der Waals surface area (Å²) in [6.07, 6.45) is 5.21. The number of H-pyrrole nitrogens is 1. The molecule has 1 saturated carbocycles. The summed E-state index contributed by atoms with van der Waals surface area (Å²) in [5.74, 6) is -0.289. The van der Waals surface area contributed by atoms with Gasteiger partial charge in [-0.25, -0.2) is 4.79 Å². The van der Waals surface area contributed by atoms with Crippen LogP contribution in [0, 0.1) is 6.92 Å². The lowest BCUT2D eigenvalue weighted by molar-refractivity contribution is 0.298. The Balaban J connectivity index is 2.03. The molecule has 0 unspecified atom stereocenters. The predicted molar refractivity (Wildman–Crippen MR) is 107 cm³/mol. The minimum Gasteiger partial charge on any atom is -0.494 e. The van der Waals surface area contributed by atoms with E-state index < -0.39 is 11.2 Å². The molecule has 1 fully saturated rings. The number of nitrogens with zero attached hydrogens (tertiary/aromatic N) is 2. The second-order valence-electron chi connectivity index (χ2n) is 6.96. The molecule has 0 radical (unpaired) electrons. The molecule has 2 aromatic rings. The van der Waals surface area contributed by atoms with Crippen molar-refractivity contribution in [1.82, 2.24) is 9.55 Å². The molecule has 0 amide bonds. The van der Waals surface area contributed by atoms with Crippen molar-refractivity contribution in [3.8, 4) is 5.88 Å². The van der Waals surface area contributed by atoms with Gasteiger partial charge in [-0.1, -0.05) is 44.4 Å². The Morgan fingerprint density at radius 3 is 2.63 bits per heavy atom. The van der Waals surface area contributed by atoms with Crippen LogP contribution in [0.1, 0.15) is 62.6 Å². The standard InChI is InChI=1S/C20H26N4O3/c1-3-15(22-23-16-12-8-7-9-13(16)2)17-18(25)21-20(27)24(19(17)26)14-10-5-4-6-11-14/h7-9,12,14,23,26H,3-6,10-11H2,1-2H3,(H,21,25,27)/b22-15+. The minimum atomic E-state index is -0.614. The van der Waals surface area contributed by atoms with Gasteiger partial charge >= 0.3 is 5.69 Å². The van der Waals surface area contributed by atoms with Crippen molar-refractivity contribution in [1.29, 1.82) is 0 Å². The number of rotatable bonds is 5. The zero-order valence-corrected chi connectivity index (χ0v) is 15.8. The summed E-state index contributed by atoms with van der Waals surface area (Å²) in [6, 6.07) is 7.58. The SMILES string of the molecule is CC/C(=N\Nc1ccccc1C)c1c(O)n(C2CCCCC2)c(=O)[nH]c1=O. The first-order valence-electron chi connectivity index (χ1n) is 9.49. The number of anilines is 1. The number of hydrazone groups is 1. The molecule has 3 N–H and O–H groups in total. The van der Waals surface area contributed by atoms with Crippen LogP contribution in [-0.2, 0) is 0 Å². The molecule has 3 rings (SSSR count). The average Bonchev–Trinajstić information content (AvgIpc) is 2.66. The number of aromatic nitrogens is 2. The summed E-state index contributed by atoms with van der Waals surface area (Å²) in [6.45, 7) is 3.81. The Morgan fingerprint density at radius 2 is 1.96 bits per heavy atom. The van der Waals surface area contributed by atoms with Gasteiger partial charge in [-0.2, -0.15) is 5.10 Å². The van der Waals surface area contributed by atoms with E-state index in [4.69, 9.17) is 0 Å². The van der Waals surface area contributed by atoms with Crippen LogP contribution in [-0.4, -0.2) is 20.4 Å². The maximum atomic E-state index is 12.4. The summed E-state index contributed by atoms with van der Waals surface area (Å²) in [5.41, 5.74) is 4.09. The molecule has 0 saturated heterocycles. The largest absolute Gasteiger partial charge is 0.494 e. The number of aromatic amines is 1. The third-order valence-electron chi connectivity index (χ3n) is 5.14. The summed E-state index contributed by atoms with van der Waals surface area (Å²) >= 11 is 0. The maximum Gasteiger partial charge on any atom is 0.331 e. The van der Waals surface area contributed by atoms with Gasteiger partial charge in [-0.05, 0) is 37.8 Å². The smallest absolute Gasteiger partial charge is 0.331 e. The van der Waals surface area contributed by atoms with E-state index >= 15 is 0 Å². The molecule has 7 nitrogen and oxygen atoms in total. The van der Waals surface area contributed by atoms with Crippen LogP contribution in [0.5, 0.6) is 5.88 Å². The Kier molecular flexibility index (Phi) is 5.78. The van der Waals surface area contributed by atoms with Crippen molar-refractivity contribution in [3.63, 3.8) is 0 Å². The highest BCUT2D eigenvalue weighted by molar-refractivity contribution is 6.02. The average molecular weight is 370 g/mol. The highest BCUT2D eigenvalue weighted by Gasteiger charge is 2.24. The molecule has 0 spiro atoms. The van der Waals surface area contributed by atoms with Crippen LogP contribution >= 0.6 is 0 Å². The van der Waals surface area contributed by atoms with E-state index in [2.05, 4.69) is 15.5 Å². The van der Waals surface area contributed by atoms with Crippen LogP contribution in [0.2, 0.25) is 0 Å². The third kappa shape index (κ3) is 3.97. The van der Waals surface area contributed by atoms with E-state index in [1.165, 1.54) is 4.57 Å². The van der Waals surface area contributed by atoms with Gasteiger partial charge in [0.05, 0.1) is 11.4 Å². The van der Waals surface area contributed by atoms with Crippen LogP contribution < -0.4 is 16.7 Å². The molecule has 0 atom stereocenters. The number of aryl methyl sites for hydroxylation is 1. The molecule has 1 aromatic carbocycles. The summed E-state index contributed by atoms with van der Waals surface area (Å²) in [7, 11) is 0. The van der Waals surface area contributed by atoms with Gasteiger partial charge in [-0.3, -0.25) is 19.8 Å². The van der Waals surface area contributed by atoms with Crippen molar-refractivity contribution in [2.45, 2.75) is 58.4 Å². The van der Waals surface area contributed by atoms with Crippen molar-refractivity contribution >= 4 is 11.4 Å². The van der Waals surface area contributed by atoms with Gasteiger partial charge < -0.3 is 5.11 Å². The van der Waals surface area contributed by atoms with Crippen LogP contribution in [0.15, 0.2) is 39.0 Å².